The first-order chi connectivity index (χ1) is 15.2. The smallest absolute Gasteiger partial charge is 0.335 e. The number of rotatable bonds is 5. The van der Waals surface area contributed by atoms with E-state index in [0.29, 0.717) is 12.0 Å². The van der Waals surface area contributed by atoms with Gasteiger partial charge in [0, 0.05) is 16.2 Å². The highest BCUT2D eigenvalue weighted by atomic mass is 32.1. The number of benzene rings is 2. The third-order valence-corrected chi connectivity index (χ3v) is 6.85. The van der Waals surface area contributed by atoms with Gasteiger partial charge in [0.05, 0.1) is 0 Å². The van der Waals surface area contributed by atoms with Gasteiger partial charge in [-0.25, -0.2) is 9.18 Å². The maximum atomic E-state index is 13.2. The SMILES string of the molecule is Cc1ccc(C2OC(C(=O)O)C(O)C(O)C2O)cc1Cc1ccc(-c2ccc(F)cc2)s1. The number of aryl methyl sites for hydroxylation is 1. The fourth-order valence-corrected chi connectivity index (χ4v) is 4.88. The van der Waals surface area contributed by atoms with E-state index in [0.717, 1.165) is 26.4 Å². The minimum Gasteiger partial charge on any atom is -0.479 e. The Morgan fingerprint density at radius 2 is 1.72 bits per heavy atom. The molecule has 5 unspecified atom stereocenters. The van der Waals surface area contributed by atoms with Crippen molar-refractivity contribution >= 4 is 17.3 Å². The van der Waals surface area contributed by atoms with Crippen LogP contribution in [0.5, 0.6) is 0 Å². The molecular weight excluding hydrogens is 435 g/mol. The summed E-state index contributed by atoms with van der Waals surface area (Å²) in [6.45, 7) is 1.95. The number of aliphatic hydroxyl groups is 3. The van der Waals surface area contributed by atoms with Crippen LogP contribution in [0.2, 0.25) is 0 Å². The van der Waals surface area contributed by atoms with Crippen LogP contribution in [0.25, 0.3) is 10.4 Å². The summed E-state index contributed by atoms with van der Waals surface area (Å²) >= 11 is 1.59. The molecule has 1 aromatic heterocycles. The molecule has 2 heterocycles. The summed E-state index contributed by atoms with van der Waals surface area (Å²) in [6.07, 6.45) is -6.97. The second-order valence-electron chi connectivity index (χ2n) is 7.92. The van der Waals surface area contributed by atoms with E-state index in [9.17, 15) is 29.6 Å². The average Bonchev–Trinajstić information content (AvgIpc) is 3.23. The molecule has 0 aliphatic carbocycles. The Morgan fingerprint density at radius 3 is 2.41 bits per heavy atom. The molecule has 8 heteroatoms. The average molecular weight is 459 g/mol. The van der Waals surface area contributed by atoms with Gasteiger partial charge in [-0.1, -0.05) is 30.3 Å². The van der Waals surface area contributed by atoms with Crippen LogP contribution in [0.3, 0.4) is 0 Å². The summed E-state index contributed by atoms with van der Waals surface area (Å²) in [4.78, 5) is 13.5. The van der Waals surface area contributed by atoms with Gasteiger partial charge in [0.15, 0.2) is 6.10 Å². The molecule has 0 saturated carbocycles. The number of hydrogen-bond acceptors (Lipinski definition) is 6. The number of ether oxygens (including phenoxy) is 1. The maximum Gasteiger partial charge on any atom is 0.335 e. The van der Waals surface area contributed by atoms with Crippen molar-refractivity contribution in [3.8, 4) is 10.4 Å². The fourth-order valence-electron chi connectivity index (χ4n) is 3.85. The zero-order chi connectivity index (χ0) is 23.0. The second kappa shape index (κ2) is 9.09. The van der Waals surface area contributed by atoms with Gasteiger partial charge in [-0.05, 0) is 53.4 Å². The maximum absolute atomic E-state index is 13.2. The van der Waals surface area contributed by atoms with E-state index in [2.05, 4.69) is 0 Å². The number of aliphatic carboxylic acids is 1. The highest BCUT2D eigenvalue weighted by Gasteiger charge is 2.47. The van der Waals surface area contributed by atoms with E-state index in [1.807, 2.05) is 31.2 Å². The molecule has 1 fully saturated rings. The van der Waals surface area contributed by atoms with Crippen LogP contribution in [0.15, 0.2) is 54.6 Å². The molecule has 1 aliphatic heterocycles. The number of hydrogen-bond donors (Lipinski definition) is 4. The van der Waals surface area contributed by atoms with Crippen LogP contribution in [-0.4, -0.2) is 50.8 Å². The van der Waals surface area contributed by atoms with Crippen molar-refractivity contribution in [2.24, 2.45) is 0 Å². The van der Waals surface area contributed by atoms with Gasteiger partial charge in [0.2, 0.25) is 0 Å². The van der Waals surface area contributed by atoms with Gasteiger partial charge in [-0.3, -0.25) is 0 Å². The van der Waals surface area contributed by atoms with E-state index < -0.39 is 36.5 Å². The lowest BCUT2D eigenvalue weighted by Crippen LogP contribution is -2.56. The van der Waals surface area contributed by atoms with Gasteiger partial charge >= 0.3 is 5.97 Å². The Kier molecular flexibility index (Phi) is 6.41. The Bertz CT molecular complexity index is 1110. The predicted molar refractivity (Wildman–Crippen MR) is 117 cm³/mol. The van der Waals surface area contributed by atoms with Crippen molar-refractivity contribution in [3.63, 3.8) is 0 Å². The lowest BCUT2D eigenvalue weighted by Gasteiger charge is -2.39. The number of carboxylic acids is 1. The lowest BCUT2D eigenvalue weighted by atomic mass is 9.89. The first kappa shape index (κ1) is 22.6. The Morgan fingerprint density at radius 1 is 1.00 bits per heavy atom. The third-order valence-electron chi connectivity index (χ3n) is 5.71. The van der Waals surface area contributed by atoms with Crippen molar-refractivity contribution in [3.05, 3.63) is 82.0 Å². The Hall–Kier alpha value is -2.62. The summed E-state index contributed by atoms with van der Waals surface area (Å²) in [5, 5.41) is 39.7. The Balaban J connectivity index is 1.58. The standard InChI is InChI=1S/C24H23FO6S/c1-12-2-3-14(22-20(27)19(26)21(28)23(31-22)24(29)30)10-15(12)11-17-8-9-18(32-17)13-4-6-16(25)7-5-13/h2-10,19-23,26-28H,11H2,1H3,(H,29,30). The van der Waals surface area contributed by atoms with Crippen LogP contribution >= 0.6 is 11.3 Å². The molecule has 0 amide bonds. The second-order valence-corrected chi connectivity index (χ2v) is 9.09. The van der Waals surface area contributed by atoms with Gasteiger partial charge in [-0.2, -0.15) is 0 Å². The number of halogens is 1. The van der Waals surface area contributed by atoms with Crippen molar-refractivity contribution < 1.29 is 34.3 Å². The molecule has 1 aliphatic rings. The topological polar surface area (TPSA) is 107 Å². The summed E-state index contributed by atoms with van der Waals surface area (Å²) in [5.41, 5.74) is 3.41. The molecule has 1 saturated heterocycles. The van der Waals surface area contributed by atoms with Gasteiger partial charge in [-0.15, -0.1) is 11.3 Å². The van der Waals surface area contributed by atoms with Crippen molar-refractivity contribution in [1.29, 1.82) is 0 Å². The number of aliphatic hydroxyl groups excluding tert-OH is 3. The zero-order valence-electron chi connectivity index (χ0n) is 17.2. The molecule has 0 radical (unpaired) electrons. The number of carbonyl (C=O) groups is 1. The summed E-state index contributed by atoms with van der Waals surface area (Å²) < 4.78 is 18.6. The predicted octanol–water partition coefficient (Wildman–Crippen LogP) is 3.06. The van der Waals surface area contributed by atoms with E-state index in [-0.39, 0.29) is 5.82 Å². The quantitative estimate of drug-likeness (QED) is 0.468. The summed E-state index contributed by atoms with van der Waals surface area (Å²) in [6, 6.07) is 15.7. The van der Waals surface area contributed by atoms with Crippen molar-refractivity contribution in [2.75, 3.05) is 0 Å². The minimum absolute atomic E-state index is 0.284. The number of carboxylic acid groups (broad SMARTS) is 1. The molecule has 2 aromatic carbocycles. The van der Waals surface area contributed by atoms with E-state index in [1.165, 1.54) is 12.1 Å². The highest BCUT2D eigenvalue weighted by Crippen LogP contribution is 2.35. The first-order valence-corrected chi connectivity index (χ1v) is 10.9. The summed E-state index contributed by atoms with van der Waals surface area (Å²) in [5.74, 6) is -1.69. The fraction of sp³-hybridized carbons (Fsp3) is 0.292. The molecule has 0 bridgehead atoms. The molecule has 0 spiro atoms. The van der Waals surface area contributed by atoms with Gasteiger partial charge in [0.25, 0.3) is 0 Å². The molecule has 5 atom stereocenters. The molecule has 3 aromatic rings. The third kappa shape index (κ3) is 4.46. The molecule has 4 rings (SSSR count). The monoisotopic (exact) mass is 458 g/mol. The molecular formula is C24H23FO6S. The zero-order valence-corrected chi connectivity index (χ0v) is 18.0. The van der Waals surface area contributed by atoms with Crippen molar-refractivity contribution in [1.82, 2.24) is 0 Å². The minimum atomic E-state index is -1.72. The molecule has 6 nitrogen and oxygen atoms in total. The van der Waals surface area contributed by atoms with Crippen LogP contribution in [0, 0.1) is 12.7 Å². The van der Waals surface area contributed by atoms with Crippen LogP contribution in [-0.2, 0) is 16.0 Å². The number of thiophene rings is 1. The first-order valence-electron chi connectivity index (χ1n) is 10.1. The van der Waals surface area contributed by atoms with E-state index in [1.54, 1.807) is 29.5 Å². The van der Waals surface area contributed by atoms with Gasteiger partial charge < -0.3 is 25.2 Å². The van der Waals surface area contributed by atoms with Crippen LogP contribution in [0.4, 0.5) is 4.39 Å². The van der Waals surface area contributed by atoms with Crippen LogP contribution in [0.1, 0.15) is 27.7 Å². The van der Waals surface area contributed by atoms with E-state index in [4.69, 9.17) is 4.74 Å². The molecule has 4 N–H and O–H groups in total. The summed E-state index contributed by atoms with van der Waals surface area (Å²) in [7, 11) is 0. The van der Waals surface area contributed by atoms with Gasteiger partial charge in [0.1, 0.15) is 30.2 Å². The van der Waals surface area contributed by atoms with Crippen LogP contribution < -0.4 is 0 Å². The molecule has 168 valence electrons. The van der Waals surface area contributed by atoms with Crippen molar-refractivity contribution in [2.45, 2.75) is 43.9 Å². The van der Waals surface area contributed by atoms with E-state index >= 15 is 0 Å². The Labute approximate surface area is 188 Å². The lowest BCUT2D eigenvalue weighted by molar-refractivity contribution is -0.229. The highest BCUT2D eigenvalue weighted by molar-refractivity contribution is 7.15. The largest absolute Gasteiger partial charge is 0.479 e. The molecule has 32 heavy (non-hydrogen) atoms. The normalized spacial score (nSPS) is 25.6.